The second kappa shape index (κ2) is 7.88. The van der Waals surface area contributed by atoms with Gasteiger partial charge < -0.3 is 11.1 Å². The molecule has 1 unspecified atom stereocenters. The van der Waals surface area contributed by atoms with Crippen LogP contribution in [0.3, 0.4) is 0 Å². The van der Waals surface area contributed by atoms with Crippen LogP contribution < -0.4 is 11.1 Å². The van der Waals surface area contributed by atoms with Crippen LogP contribution >= 0.6 is 11.3 Å². The Kier molecular flexibility index (Phi) is 5.60. The maximum atomic E-state index is 13.2. The Hall–Kier alpha value is -2.06. The lowest BCUT2D eigenvalue weighted by atomic mass is 9.93. The van der Waals surface area contributed by atoms with Gasteiger partial charge in [-0.1, -0.05) is 11.3 Å². The third-order valence-corrected chi connectivity index (χ3v) is 5.30. The van der Waals surface area contributed by atoms with Crippen LogP contribution in [0.5, 0.6) is 0 Å². The zero-order chi connectivity index (χ0) is 17.8. The van der Waals surface area contributed by atoms with Crippen LogP contribution in [0, 0.1) is 11.7 Å². The van der Waals surface area contributed by atoms with E-state index in [1.807, 2.05) is 0 Å². The number of anilines is 1. The lowest BCUT2D eigenvalue weighted by molar-refractivity contribution is -0.119. The zero-order valence-corrected chi connectivity index (χ0v) is 14.7. The van der Waals surface area contributed by atoms with Crippen LogP contribution in [0.4, 0.5) is 9.52 Å². The van der Waals surface area contributed by atoms with Gasteiger partial charge in [0.2, 0.25) is 11.8 Å². The molecule has 1 saturated heterocycles. The van der Waals surface area contributed by atoms with Gasteiger partial charge in [0.25, 0.3) is 0 Å². The Morgan fingerprint density at radius 3 is 3.08 bits per heavy atom. The molecule has 25 heavy (non-hydrogen) atoms. The van der Waals surface area contributed by atoms with Gasteiger partial charge in [0, 0.05) is 13.0 Å². The van der Waals surface area contributed by atoms with E-state index in [0.29, 0.717) is 27.7 Å². The molecular weight excluding hydrogens is 343 g/mol. The Morgan fingerprint density at radius 1 is 1.44 bits per heavy atom. The highest BCUT2D eigenvalue weighted by Crippen LogP contribution is 2.26. The number of halogens is 1. The molecule has 1 atom stereocenters. The molecule has 0 spiro atoms. The largest absolute Gasteiger partial charge is 0.370 e. The van der Waals surface area contributed by atoms with Gasteiger partial charge in [-0.3, -0.25) is 14.5 Å². The summed E-state index contributed by atoms with van der Waals surface area (Å²) in [5.74, 6) is -0.318. The van der Waals surface area contributed by atoms with E-state index in [0.717, 1.165) is 32.4 Å². The van der Waals surface area contributed by atoms with Gasteiger partial charge in [0.15, 0.2) is 5.13 Å². The van der Waals surface area contributed by atoms with E-state index < -0.39 is 0 Å². The highest BCUT2D eigenvalue weighted by molar-refractivity contribution is 7.22. The number of benzene rings is 1. The standard InChI is InChI=1S/C17H21FN4O2S/c18-12-4-5-13-14(8-12)25-17(20-13)21-16(24)10-22-7-1-2-11(9-22)3-6-15(19)23/h4-5,8,11H,1-3,6-7,9-10H2,(H2,19,23)(H,20,21,24). The molecule has 1 aliphatic heterocycles. The average Bonchev–Trinajstić information content (AvgIpc) is 2.94. The number of fused-ring (bicyclic) bond motifs is 1. The number of hydrogen-bond acceptors (Lipinski definition) is 5. The number of nitrogens with two attached hydrogens (primary N) is 1. The number of amides is 2. The fourth-order valence-electron chi connectivity index (χ4n) is 3.19. The van der Waals surface area contributed by atoms with E-state index in [2.05, 4.69) is 15.2 Å². The highest BCUT2D eigenvalue weighted by atomic mass is 32.1. The maximum Gasteiger partial charge on any atom is 0.240 e. The highest BCUT2D eigenvalue weighted by Gasteiger charge is 2.22. The molecule has 8 heteroatoms. The summed E-state index contributed by atoms with van der Waals surface area (Å²) in [5.41, 5.74) is 5.88. The summed E-state index contributed by atoms with van der Waals surface area (Å²) in [6.45, 7) is 1.95. The third kappa shape index (κ3) is 4.96. The molecule has 0 bridgehead atoms. The van der Waals surface area contributed by atoms with Gasteiger partial charge in [0.05, 0.1) is 16.8 Å². The molecule has 2 heterocycles. The summed E-state index contributed by atoms with van der Waals surface area (Å²) in [6, 6.07) is 4.37. The maximum absolute atomic E-state index is 13.2. The number of carbonyl (C=O) groups is 2. The Morgan fingerprint density at radius 2 is 2.28 bits per heavy atom. The molecule has 1 fully saturated rings. The summed E-state index contributed by atoms with van der Waals surface area (Å²) in [7, 11) is 0. The number of rotatable bonds is 6. The van der Waals surface area contributed by atoms with Gasteiger partial charge in [-0.2, -0.15) is 0 Å². The molecule has 0 radical (unpaired) electrons. The van der Waals surface area contributed by atoms with Crippen molar-refractivity contribution < 1.29 is 14.0 Å². The SMILES string of the molecule is NC(=O)CCC1CCCN(CC(=O)Nc2nc3ccc(F)cc3s2)C1. The van der Waals surface area contributed by atoms with Crippen molar-refractivity contribution in [1.29, 1.82) is 0 Å². The number of thiazole rings is 1. The van der Waals surface area contributed by atoms with Gasteiger partial charge in [-0.15, -0.1) is 0 Å². The first-order valence-corrected chi connectivity index (χ1v) is 9.18. The third-order valence-electron chi connectivity index (χ3n) is 4.37. The van der Waals surface area contributed by atoms with Crippen molar-refractivity contribution in [2.45, 2.75) is 25.7 Å². The van der Waals surface area contributed by atoms with E-state index in [4.69, 9.17) is 5.73 Å². The quantitative estimate of drug-likeness (QED) is 0.823. The van der Waals surface area contributed by atoms with Crippen LogP contribution in [-0.4, -0.2) is 41.3 Å². The molecule has 0 aliphatic carbocycles. The smallest absolute Gasteiger partial charge is 0.240 e. The zero-order valence-electron chi connectivity index (χ0n) is 13.8. The number of carbonyl (C=O) groups excluding carboxylic acids is 2. The van der Waals surface area contributed by atoms with Gasteiger partial charge in [-0.25, -0.2) is 9.37 Å². The molecule has 2 amide bonds. The van der Waals surface area contributed by atoms with Crippen LogP contribution in [0.15, 0.2) is 18.2 Å². The van der Waals surface area contributed by atoms with Crippen molar-refractivity contribution in [3.63, 3.8) is 0 Å². The van der Waals surface area contributed by atoms with E-state index in [-0.39, 0.29) is 24.2 Å². The van der Waals surface area contributed by atoms with E-state index >= 15 is 0 Å². The molecule has 1 aromatic carbocycles. The van der Waals surface area contributed by atoms with Crippen molar-refractivity contribution in [2.75, 3.05) is 25.0 Å². The number of primary amides is 1. The summed E-state index contributed by atoms with van der Waals surface area (Å²) < 4.78 is 13.9. The van der Waals surface area contributed by atoms with Crippen molar-refractivity contribution in [3.8, 4) is 0 Å². The summed E-state index contributed by atoms with van der Waals surface area (Å²) in [5, 5.41) is 3.27. The number of piperidine rings is 1. The van der Waals surface area contributed by atoms with Crippen LogP contribution in [-0.2, 0) is 9.59 Å². The number of likely N-dealkylation sites (tertiary alicyclic amines) is 1. The number of aromatic nitrogens is 1. The van der Waals surface area contributed by atoms with Crippen molar-refractivity contribution >= 4 is 38.5 Å². The van der Waals surface area contributed by atoms with Gasteiger partial charge in [0.1, 0.15) is 5.82 Å². The molecule has 1 aromatic heterocycles. The lowest BCUT2D eigenvalue weighted by Gasteiger charge is -2.31. The molecule has 6 nitrogen and oxygen atoms in total. The minimum atomic E-state index is -0.315. The summed E-state index contributed by atoms with van der Waals surface area (Å²) >= 11 is 1.26. The van der Waals surface area contributed by atoms with E-state index in [9.17, 15) is 14.0 Å². The minimum absolute atomic E-state index is 0.130. The average molecular weight is 364 g/mol. The second-order valence-corrected chi connectivity index (χ2v) is 7.46. The van der Waals surface area contributed by atoms with Crippen molar-refractivity contribution in [2.24, 2.45) is 11.7 Å². The van der Waals surface area contributed by atoms with Crippen LogP contribution in [0.1, 0.15) is 25.7 Å². The predicted molar refractivity (Wildman–Crippen MR) is 95.8 cm³/mol. The van der Waals surface area contributed by atoms with Crippen LogP contribution in [0.2, 0.25) is 0 Å². The molecule has 1 aliphatic rings. The van der Waals surface area contributed by atoms with Gasteiger partial charge >= 0.3 is 0 Å². The minimum Gasteiger partial charge on any atom is -0.370 e. The fraction of sp³-hybridized carbons (Fsp3) is 0.471. The van der Waals surface area contributed by atoms with E-state index in [1.165, 1.54) is 23.5 Å². The monoisotopic (exact) mass is 364 g/mol. The van der Waals surface area contributed by atoms with Crippen molar-refractivity contribution in [1.82, 2.24) is 9.88 Å². The van der Waals surface area contributed by atoms with Crippen LogP contribution in [0.25, 0.3) is 10.2 Å². The summed E-state index contributed by atoms with van der Waals surface area (Å²) in [4.78, 5) is 29.6. The number of nitrogens with zero attached hydrogens (tertiary/aromatic N) is 2. The first-order chi connectivity index (χ1) is 12.0. The molecule has 2 aromatic rings. The van der Waals surface area contributed by atoms with E-state index in [1.54, 1.807) is 6.07 Å². The second-order valence-electron chi connectivity index (χ2n) is 6.43. The molecule has 0 saturated carbocycles. The number of hydrogen-bond donors (Lipinski definition) is 2. The Bertz CT molecular complexity index is 779. The molecular formula is C17H21FN4O2S. The molecule has 3 rings (SSSR count). The fourth-order valence-corrected chi connectivity index (χ4v) is 4.10. The summed E-state index contributed by atoms with van der Waals surface area (Å²) in [6.07, 6.45) is 3.25. The topological polar surface area (TPSA) is 88.3 Å². The Balaban J connectivity index is 1.53. The Labute approximate surface area is 149 Å². The van der Waals surface area contributed by atoms with Gasteiger partial charge in [-0.05, 0) is 49.9 Å². The normalized spacial score (nSPS) is 18.4. The van der Waals surface area contributed by atoms with Crippen molar-refractivity contribution in [3.05, 3.63) is 24.0 Å². The number of nitrogens with one attached hydrogen (secondary N) is 1. The predicted octanol–water partition coefficient (Wildman–Crippen LogP) is 2.35. The molecule has 134 valence electrons. The molecule has 3 N–H and O–H groups in total. The first-order valence-electron chi connectivity index (χ1n) is 8.36. The lowest BCUT2D eigenvalue weighted by Crippen LogP contribution is -2.40. The first kappa shape index (κ1) is 17.8.